The van der Waals surface area contributed by atoms with Gasteiger partial charge in [0.1, 0.15) is 11.1 Å². The van der Waals surface area contributed by atoms with Gasteiger partial charge in [0.25, 0.3) is 5.91 Å². The number of amides is 1. The molecule has 3 heterocycles. The summed E-state index contributed by atoms with van der Waals surface area (Å²) in [5, 5.41) is 21.1. The molecule has 0 saturated carbocycles. The molecule has 1 unspecified atom stereocenters. The summed E-state index contributed by atoms with van der Waals surface area (Å²) < 4.78 is 1.36. The van der Waals surface area contributed by atoms with Crippen LogP contribution >= 0.6 is 24.0 Å². The Morgan fingerprint density at radius 2 is 2.38 bits per heavy atom. The Balaban J connectivity index is 2.13. The lowest BCUT2D eigenvalue weighted by molar-refractivity contribution is -0.150. The molecule has 1 saturated heterocycles. The van der Waals surface area contributed by atoms with Crippen molar-refractivity contribution in [1.29, 1.82) is 0 Å². The molecule has 9 nitrogen and oxygen atoms in total. The van der Waals surface area contributed by atoms with E-state index in [1.165, 1.54) is 21.8 Å². The highest BCUT2D eigenvalue weighted by Gasteiger charge is 2.61. The molecule has 1 amide bonds. The number of tetrazole rings is 1. The number of rotatable bonds is 3. The zero-order chi connectivity index (χ0) is 15.4. The van der Waals surface area contributed by atoms with Gasteiger partial charge in [0.15, 0.2) is 11.4 Å². The molecule has 0 bridgehead atoms. The number of carboxylic acids is 1. The molecular formula is C10H10N6O3S2. The predicted octanol–water partition coefficient (Wildman–Crippen LogP) is -1.38. The molecule has 2 aliphatic rings. The third-order valence-corrected chi connectivity index (χ3v) is 5.19. The van der Waals surface area contributed by atoms with Crippen LogP contribution in [-0.4, -0.2) is 64.1 Å². The van der Waals surface area contributed by atoms with Gasteiger partial charge < -0.3 is 10.8 Å². The van der Waals surface area contributed by atoms with Crippen molar-refractivity contribution >= 4 is 46.8 Å². The number of thiocarbonyl (C=S) groups is 1. The van der Waals surface area contributed by atoms with E-state index in [-0.39, 0.29) is 5.70 Å². The van der Waals surface area contributed by atoms with Crippen molar-refractivity contribution in [2.24, 2.45) is 12.8 Å². The normalized spacial score (nSPS) is 28.2. The summed E-state index contributed by atoms with van der Waals surface area (Å²) in [5.41, 5.74) is 4.87. The molecule has 1 fully saturated rings. The van der Waals surface area contributed by atoms with Crippen molar-refractivity contribution in [2.45, 2.75) is 10.9 Å². The molecular weight excluding hydrogens is 316 g/mol. The molecule has 0 aliphatic carbocycles. The summed E-state index contributed by atoms with van der Waals surface area (Å²) in [7, 11) is 1.60. The second-order valence-electron chi connectivity index (χ2n) is 4.65. The highest BCUT2D eigenvalue weighted by Crippen LogP contribution is 2.46. The minimum atomic E-state index is -1.30. The molecule has 11 heteroatoms. The van der Waals surface area contributed by atoms with Gasteiger partial charge in [-0.05, 0) is 10.4 Å². The predicted molar refractivity (Wildman–Crippen MR) is 77.0 cm³/mol. The second-order valence-corrected chi connectivity index (χ2v) is 5.95. The highest BCUT2D eigenvalue weighted by molar-refractivity contribution is 8.00. The lowest BCUT2D eigenvalue weighted by atomic mass is 9.89. The van der Waals surface area contributed by atoms with Crippen LogP contribution in [0.15, 0.2) is 5.70 Å². The van der Waals surface area contributed by atoms with Crippen LogP contribution in [-0.2, 0) is 16.6 Å². The summed E-state index contributed by atoms with van der Waals surface area (Å²) in [6.45, 7) is 0. The van der Waals surface area contributed by atoms with E-state index in [2.05, 4.69) is 15.5 Å². The summed E-state index contributed by atoms with van der Waals surface area (Å²) in [6, 6.07) is 0. The number of nitrogens with two attached hydrogens (primary N) is 1. The maximum atomic E-state index is 12.2. The lowest BCUT2D eigenvalue weighted by Crippen LogP contribution is -2.78. The molecule has 2 atom stereocenters. The summed E-state index contributed by atoms with van der Waals surface area (Å²) in [6.07, 6.45) is 0. The van der Waals surface area contributed by atoms with Crippen LogP contribution in [0.2, 0.25) is 0 Å². The van der Waals surface area contributed by atoms with Crippen LogP contribution in [0.25, 0.3) is 5.57 Å². The van der Waals surface area contributed by atoms with Crippen molar-refractivity contribution < 1.29 is 14.7 Å². The van der Waals surface area contributed by atoms with E-state index in [1.807, 2.05) is 0 Å². The van der Waals surface area contributed by atoms with Crippen LogP contribution in [0.1, 0.15) is 5.82 Å². The lowest BCUT2D eigenvalue weighted by Gasteiger charge is -2.53. The number of carbonyl (C=O) groups excluding carboxylic acids is 1. The first-order chi connectivity index (χ1) is 9.91. The van der Waals surface area contributed by atoms with E-state index in [0.29, 0.717) is 17.2 Å². The van der Waals surface area contributed by atoms with Gasteiger partial charge in [-0.25, -0.2) is 9.48 Å². The van der Waals surface area contributed by atoms with Crippen LogP contribution in [0, 0.1) is 0 Å². The van der Waals surface area contributed by atoms with Crippen LogP contribution < -0.4 is 5.73 Å². The first-order valence-electron chi connectivity index (χ1n) is 5.81. The SMILES string of the molecule is Cn1nnnc1C1=C(C(=O)O)N2C(=O)C(N)(C=S)[C@@H]2SC1. The van der Waals surface area contributed by atoms with Crippen LogP contribution in [0.4, 0.5) is 0 Å². The average molecular weight is 326 g/mol. The molecule has 3 rings (SSSR count). The molecule has 0 aromatic carbocycles. The molecule has 0 spiro atoms. The summed E-state index contributed by atoms with van der Waals surface area (Å²) >= 11 is 6.14. The number of hydrogen-bond donors (Lipinski definition) is 2. The Morgan fingerprint density at radius 1 is 1.67 bits per heavy atom. The van der Waals surface area contributed by atoms with Crippen molar-refractivity contribution in [1.82, 2.24) is 25.1 Å². The van der Waals surface area contributed by atoms with Gasteiger partial charge in [-0.2, -0.15) is 0 Å². The second kappa shape index (κ2) is 4.58. The molecule has 0 radical (unpaired) electrons. The molecule has 21 heavy (non-hydrogen) atoms. The van der Waals surface area contributed by atoms with Crippen molar-refractivity contribution in [3.63, 3.8) is 0 Å². The minimum Gasteiger partial charge on any atom is -0.477 e. The monoisotopic (exact) mass is 326 g/mol. The van der Waals surface area contributed by atoms with Gasteiger partial charge in [0.05, 0.1) is 0 Å². The first-order valence-corrected chi connectivity index (χ1v) is 7.33. The minimum absolute atomic E-state index is 0.139. The topological polar surface area (TPSA) is 127 Å². The number of β-lactam (4-membered cyclic amide) rings is 1. The molecule has 1 aromatic rings. The fraction of sp³-hybridized carbons (Fsp3) is 0.400. The van der Waals surface area contributed by atoms with Crippen LogP contribution in [0.3, 0.4) is 0 Å². The number of aliphatic carboxylic acids is 1. The average Bonchev–Trinajstić information content (AvgIpc) is 2.90. The fourth-order valence-corrected chi connectivity index (χ4v) is 4.07. The van der Waals surface area contributed by atoms with Gasteiger partial charge in [0.2, 0.25) is 0 Å². The van der Waals surface area contributed by atoms with Crippen molar-refractivity contribution in [2.75, 3.05) is 5.75 Å². The van der Waals surface area contributed by atoms with Gasteiger partial charge in [-0.3, -0.25) is 9.69 Å². The van der Waals surface area contributed by atoms with E-state index < -0.39 is 22.8 Å². The number of thioether (sulfide) groups is 1. The largest absolute Gasteiger partial charge is 0.477 e. The van der Waals surface area contributed by atoms with Crippen molar-refractivity contribution in [3.05, 3.63) is 11.5 Å². The number of fused-ring (bicyclic) bond motifs is 1. The summed E-state index contributed by atoms with van der Waals surface area (Å²) in [5.74, 6) is -1.12. The third kappa shape index (κ3) is 1.74. The molecule has 2 aliphatic heterocycles. The Kier molecular flexibility index (Phi) is 3.07. The van der Waals surface area contributed by atoms with Gasteiger partial charge >= 0.3 is 5.97 Å². The zero-order valence-electron chi connectivity index (χ0n) is 10.8. The number of hydrogen-bond acceptors (Lipinski definition) is 8. The van der Waals surface area contributed by atoms with Gasteiger partial charge in [-0.1, -0.05) is 12.2 Å². The third-order valence-electron chi connectivity index (χ3n) is 3.43. The molecule has 3 N–H and O–H groups in total. The number of carboxylic acid groups (broad SMARTS) is 1. The van der Waals surface area contributed by atoms with E-state index in [9.17, 15) is 14.7 Å². The number of aromatic nitrogens is 4. The Morgan fingerprint density at radius 3 is 2.90 bits per heavy atom. The summed E-state index contributed by atoms with van der Waals surface area (Å²) in [4.78, 5) is 24.9. The molecule has 110 valence electrons. The maximum Gasteiger partial charge on any atom is 0.353 e. The van der Waals surface area contributed by atoms with E-state index in [1.54, 1.807) is 7.05 Å². The number of carbonyl (C=O) groups is 2. The van der Waals surface area contributed by atoms with Gasteiger partial charge in [0, 0.05) is 23.7 Å². The number of nitrogens with zero attached hydrogens (tertiary/aromatic N) is 5. The van der Waals surface area contributed by atoms with E-state index in [0.717, 1.165) is 4.90 Å². The van der Waals surface area contributed by atoms with Crippen molar-refractivity contribution in [3.8, 4) is 0 Å². The first kappa shape index (κ1) is 14.1. The Hall–Kier alpha value is -1.85. The Bertz CT molecular complexity index is 701. The van der Waals surface area contributed by atoms with Gasteiger partial charge in [-0.15, -0.1) is 16.9 Å². The highest BCUT2D eigenvalue weighted by atomic mass is 32.2. The quantitative estimate of drug-likeness (QED) is 0.510. The van der Waals surface area contributed by atoms with E-state index >= 15 is 0 Å². The fourth-order valence-electron chi connectivity index (χ4n) is 2.37. The van der Waals surface area contributed by atoms with Crippen LogP contribution in [0.5, 0.6) is 0 Å². The zero-order valence-corrected chi connectivity index (χ0v) is 12.4. The maximum absolute atomic E-state index is 12.2. The Labute approximate surface area is 128 Å². The standard InChI is InChI=1S/C10H10N6O3S2/c1-15-6(12-13-14-15)4-2-21-9-10(11,3-20)8(19)16(9)5(4)7(17)18/h3,9H,2,11H2,1H3,(H,17,18)/t9-,10?/m0/s1. The van der Waals surface area contributed by atoms with E-state index in [4.69, 9.17) is 18.0 Å². The smallest absolute Gasteiger partial charge is 0.353 e. The number of aryl methyl sites for hydroxylation is 1. The molecule has 1 aromatic heterocycles.